The van der Waals surface area contributed by atoms with Crippen molar-refractivity contribution in [3.05, 3.63) is 69.9 Å². The number of aromatic nitrogens is 1. The smallest absolute Gasteiger partial charge is 0.340 e. The molecule has 0 aliphatic carbocycles. The van der Waals surface area contributed by atoms with E-state index in [0.29, 0.717) is 18.8 Å². The minimum absolute atomic E-state index is 0.255. The lowest BCUT2D eigenvalue weighted by Crippen LogP contribution is -2.28. The first-order chi connectivity index (χ1) is 14.3. The van der Waals surface area contributed by atoms with Crippen molar-refractivity contribution in [2.24, 2.45) is 0 Å². The molecule has 0 saturated carbocycles. The first kappa shape index (κ1) is 21.5. The predicted octanol–water partition coefficient (Wildman–Crippen LogP) is 3.55. The predicted molar refractivity (Wildman–Crippen MR) is 111 cm³/mol. The molecule has 2 aromatic rings. The molecule has 1 aromatic heterocycles. The largest absolute Gasteiger partial charge is 0.465 e. The molecular weight excluding hydrogens is 387 g/mol. The molecule has 1 aromatic carbocycles. The van der Waals surface area contributed by atoms with Gasteiger partial charge in [0.15, 0.2) is 0 Å². The highest BCUT2D eigenvalue weighted by Gasteiger charge is 2.37. The van der Waals surface area contributed by atoms with Gasteiger partial charge in [-0.25, -0.2) is 9.18 Å². The number of carbonyl (C=O) groups excluding carboxylic acids is 2. The highest BCUT2D eigenvalue weighted by atomic mass is 19.1. The zero-order valence-electron chi connectivity index (χ0n) is 17.8. The van der Waals surface area contributed by atoms with E-state index in [2.05, 4.69) is 0 Å². The average molecular weight is 412 g/mol. The van der Waals surface area contributed by atoms with E-state index in [1.54, 1.807) is 32.2 Å². The summed E-state index contributed by atoms with van der Waals surface area (Å²) in [6.07, 6.45) is 1.72. The number of rotatable bonds is 6. The number of carbonyl (C=O) groups is 2. The topological polar surface area (TPSA) is 60.8 Å². The lowest BCUT2D eigenvalue weighted by atomic mass is 10.0. The van der Waals surface area contributed by atoms with Crippen LogP contribution in [-0.4, -0.2) is 48.7 Å². The van der Waals surface area contributed by atoms with Crippen LogP contribution < -0.4 is 0 Å². The van der Waals surface area contributed by atoms with E-state index < -0.39 is 5.97 Å². The summed E-state index contributed by atoms with van der Waals surface area (Å²) in [4.78, 5) is 27.0. The molecule has 1 aliphatic rings. The van der Waals surface area contributed by atoms with Crippen molar-refractivity contribution in [1.29, 1.82) is 0 Å². The van der Waals surface area contributed by atoms with Crippen LogP contribution in [0.4, 0.5) is 4.39 Å². The molecule has 0 radical (unpaired) electrons. The van der Waals surface area contributed by atoms with Crippen molar-refractivity contribution in [3.8, 4) is 5.69 Å². The molecule has 1 aliphatic heterocycles. The van der Waals surface area contributed by atoms with E-state index in [-0.39, 0.29) is 22.9 Å². The lowest BCUT2D eigenvalue weighted by molar-refractivity contribution is -0.136. The van der Waals surface area contributed by atoms with E-state index in [0.717, 1.165) is 22.6 Å². The van der Waals surface area contributed by atoms with Gasteiger partial charge in [0.2, 0.25) is 0 Å². The molecule has 3 rings (SSSR count). The Kier molecular flexibility index (Phi) is 6.22. The van der Waals surface area contributed by atoms with Crippen LogP contribution in [0.3, 0.4) is 0 Å². The van der Waals surface area contributed by atoms with Gasteiger partial charge in [0.05, 0.1) is 24.9 Å². The zero-order valence-corrected chi connectivity index (χ0v) is 17.8. The highest BCUT2D eigenvalue weighted by molar-refractivity contribution is 6.16. The summed E-state index contributed by atoms with van der Waals surface area (Å²) in [6, 6.07) is 8.14. The Morgan fingerprint density at radius 3 is 2.40 bits per heavy atom. The zero-order chi connectivity index (χ0) is 22.0. The minimum atomic E-state index is -0.556. The Balaban J connectivity index is 2.09. The fourth-order valence-corrected chi connectivity index (χ4v) is 3.76. The molecule has 7 heteroatoms. The molecule has 30 heavy (non-hydrogen) atoms. The third-order valence-corrected chi connectivity index (χ3v) is 5.28. The second-order valence-corrected chi connectivity index (χ2v) is 7.10. The summed E-state index contributed by atoms with van der Waals surface area (Å²) in [5.74, 6) is -1.13. The van der Waals surface area contributed by atoms with Gasteiger partial charge in [-0.05, 0) is 62.7 Å². The minimum Gasteiger partial charge on any atom is -0.465 e. The van der Waals surface area contributed by atoms with Crippen molar-refractivity contribution >= 4 is 18.0 Å². The third-order valence-electron chi connectivity index (χ3n) is 5.28. The van der Waals surface area contributed by atoms with Gasteiger partial charge in [-0.2, -0.15) is 0 Å². The van der Waals surface area contributed by atoms with E-state index in [1.807, 2.05) is 24.5 Å². The van der Waals surface area contributed by atoms with Crippen LogP contribution in [0.15, 0.2) is 47.2 Å². The van der Waals surface area contributed by atoms with Crippen LogP contribution in [0.25, 0.3) is 11.8 Å². The maximum absolute atomic E-state index is 13.3. The summed E-state index contributed by atoms with van der Waals surface area (Å²) in [7, 11) is 2.85. The van der Waals surface area contributed by atoms with Crippen LogP contribution in [0.1, 0.15) is 23.9 Å². The van der Waals surface area contributed by atoms with Gasteiger partial charge in [0.1, 0.15) is 5.82 Å². The molecule has 0 saturated heterocycles. The van der Waals surface area contributed by atoms with Gasteiger partial charge in [-0.1, -0.05) is 0 Å². The van der Waals surface area contributed by atoms with Crippen molar-refractivity contribution in [2.75, 3.05) is 27.4 Å². The Labute approximate surface area is 175 Å². The quantitative estimate of drug-likeness (QED) is 0.538. The van der Waals surface area contributed by atoms with Crippen LogP contribution in [0.5, 0.6) is 0 Å². The number of amides is 1. The molecule has 1 amide bonds. The number of nitrogens with zero attached hydrogens (tertiary/aromatic N) is 2. The Morgan fingerprint density at radius 2 is 1.80 bits per heavy atom. The maximum Gasteiger partial charge on any atom is 0.340 e. The summed E-state index contributed by atoms with van der Waals surface area (Å²) >= 11 is 0. The molecule has 0 N–H and O–H groups in total. The Bertz CT molecular complexity index is 1050. The average Bonchev–Trinajstić information content (AvgIpc) is 3.13. The fourth-order valence-electron chi connectivity index (χ4n) is 3.76. The number of benzene rings is 1. The summed E-state index contributed by atoms with van der Waals surface area (Å²) in [5, 5.41) is 0. The molecule has 0 unspecified atom stereocenters. The molecule has 158 valence electrons. The number of esters is 1. The Morgan fingerprint density at radius 1 is 1.13 bits per heavy atom. The molecule has 0 fully saturated rings. The number of hydrogen-bond donors (Lipinski definition) is 0. The maximum atomic E-state index is 13.3. The van der Waals surface area contributed by atoms with Crippen molar-refractivity contribution in [2.45, 2.75) is 20.8 Å². The summed E-state index contributed by atoms with van der Waals surface area (Å²) in [6.45, 7) is 6.27. The number of aryl methyl sites for hydroxylation is 1. The monoisotopic (exact) mass is 412 g/mol. The number of allylic oxidation sites excluding steroid dienone is 1. The van der Waals surface area contributed by atoms with E-state index in [1.165, 1.54) is 24.1 Å². The molecule has 0 spiro atoms. The fraction of sp³-hybridized carbons (Fsp3) is 0.304. The normalized spacial score (nSPS) is 15.5. The van der Waals surface area contributed by atoms with Crippen molar-refractivity contribution < 1.29 is 23.5 Å². The van der Waals surface area contributed by atoms with Crippen LogP contribution in [-0.2, 0) is 19.1 Å². The van der Waals surface area contributed by atoms with E-state index in [9.17, 15) is 14.0 Å². The van der Waals surface area contributed by atoms with Crippen LogP contribution >= 0.6 is 0 Å². The number of halogens is 1. The highest BCUT2D eigenvalue weighted by Crippen LogP contribution is 2.33. The van der Waals surface area contributed by atoms with Crippen LogP contribution in [0, 0.1) is 19.7 Å². The van der Waals surface area contributed by atoms with Gasteiger partial charge in [0.25, 0.3) is 5.91 Å². The van der Waals surface area contributed by atoms with E-state index in [4.69, 9.17) is 9.47 Å². The molecular formula is C23H25FN2O4. The van der Waals surface area contributed by atoms with E-state index >= 15 is 0 Å². The second kappa shape index (κ2) is 8.67. The van der Waals surface area contributed by atoms with Gasteiger partial charge in [-0.3, -0.25) is 4.79 Å². The number of methoxy groups -OCH3 is 2. The lowest BCUT2D eigenvalue weighted by Gasteiger charge is -2.16. The second-order valence-electron chi connectivity index (χ2n) is 7.10. The van der Waals surface area contributed by atoms with Gasteiger partial charge in [0, 0.05) is 36.4 Å². The van der Waals surface area contributed by atoms with Gasteiger partial charge in [-0.15, -0.1) is 0 Å². The van der Waals surface area contributed by atoms with Crippen molar-refractivity contribution in [3.63, 3.8) is 0 Å². The summed E-state index contributed by atoms with van der Waals surface area (Å²) in [5.41, 5.74) is 4.49. The standard InChI is InChI=1S/C23H25FN2O4/c1-14-12-17(15(2)26(14)19-8-6-18(24)7-9-19)13-20-21(23(28)30-5)16(3)25(22(20)27)10-11-29-4/h6-9,12-13H,10-11H2,1-5H3/b20-13-. The molecule has 0 atom stereocenters. The van der Waals surface area contributed by atoms with Gasteiger partial charge < -0.3 is 18.9 Å². The number of ether oxygens (including phenoxy) is 2. The molecule has 2 heterocycles. The van der Waals surface area contributed by atoms with Gasteiger partial charge >= 0.3 is 5.97 Å². The number of hydrogen-bond acceptors (Lipinski definition) is 4. The summed E-state index contributed by atoms with van der Waals surface area (Å²) < 4.78 is 25.3. The molecule has 0 bridgehead atoms. The SMILES string of the molecule is COCCN1C(=O)/C(=C\c2cc(C)n(-c3ccc(F)cc3)c2C)C(C(=O)OC)=C1C. The molecule has 6 nitrogen and oxygen atoms in total. The van der Waals surface area contributed by atoms with Crippen LogP contribution in [0.2, 0.25) is 0 Å². The third kappa shape index (κ3) is 3.80. The van der Waals surface area contributed by atoms with Crippen molar-refractivity contribution in [1.82, 2.24) is 9.47 Å². The first-order valence-electron chi connectivity index (χ1n) is 9.57. The first-order valence-corrected chi connectivity index (χ1v) is 9.57. The Hall–Kier alpha value is -3.19.